The zero-order valence-corrected chi connectivity index (χ0v) is 12.7. The highest BCUT2D eigenvalue weighted by atomic mass is 19.1. The second-order valence-electron chi connectivity index (χ2n) is 4.74. The molecule has 1 amide bonds. The van der Waals surface area contributed by atoms with E-state index in [2.05, 4.69) is 12.2 Å². The fraction of sp³-hybridized carbons (Fsp3) is 0.533. The highest BCUT2D eigenvalue weighted by molar-refractivity contribution is 5.95. The second kappa shape index (κ2) is 8.46. The summed E-state index contributed by atoms with van der Waals surface area (Å²) in [4.78, 5) is 12.2. The van der Waals surface area contributed by atoms with E-state index in [4.69, 9.17) is 15.2 Å². The van der Waals surface area contributed by atoms with Crippen LogP contribution in [0.1, 0.15) is 36.5 Å². The summed E-state index contributed by atoms with van der Waals surface area (Å²) in [7, 11) is 2.84. The van der Waals surface area contributed by atoms with E-state index in [9.17, 15) is 9.18 Å². The van der Waals surface area contributed by atoms with Crippen molar-refractivity contribution in [2.24, 2.45) is 5.73 Å². The van der Waals surface area contributed by atoms with Gasteiger partial charge in [-0.15, -0.1) is 0 Å². The molecule has 0 spiro atoms. The maximum Gasteiger partial charge on any atom is 0.254 e. The average molecular weight is 298 g/mol. The second-order valence-corrected chi connectivity index (χ2v) is 4.74. The number of hydrogen-bond donors (Lipinski definition) is 2. The Hall–Kier alpha value is -1.82. The highest BCUT2D eigenvalue weighted by Crippen LogP contribution is 2.29. The zero-order valence-electron chi connectivity index (χ0n) is 12.7. The molecule has 1 rings (SSSR count). The van der Waals surface area contributed by atoms with Crippen molar-refractivity contribution in [1.82, 2.24) is 5.32 Å². The number of ether oxygens (including phenoxy) is 2. The molecule has 0 aliphatic carbocycles. The monoisotopic (exact) mass is 298 g/mol. The van der Waals surface area contributed by atoms with Crippen molar-refractivity contribution in [3.05, 3.63) is 23.5 Å². The molecule has 3 N–H and O–H groups in total. The van der Waals surface area contributed by atoms with Crippen LogP contribution in [0.15, 0.2) is 12.1 Å². The molecule has 5 nitrogen and oxygen atoms in total. The normalized spacial score (nSPS) is 11.9. The molecule has 0 aliphatic heterocycles. The Kier molecular flexibility index (Phi) is 6.94. The summed E-state index contributed by atoms with van der Waals surface area (Å²) in [5, 5.41) is 2.75. The van der Waals surface area contributed by atoms with Crippen LogP contribution >= 0.6 is 0 Å². The van der Waals surface area contributed by atoms with Crippen molar-refractivity contribution in [2.45, 2.75) is 32.2 Å². The molecule has 0 saturated heterocycles. The van der Waals surface area contributed by atoms with E-state index in [1.54, 1.807) is 0 Å². The molecule has 0 bridgehead atoms. The van der Waals surface area contributed by atoms with E-state index < -0.39 is 11.7 Å². The molecular weight excluding hydrogens is 275 g/mol. The van der Waals surface area contributed by atoms with E-state index in [0.29, 0.717) is 12.3 Å². The maximum absolute atomic E-state index is 14.0. The summed E-state index contributed by atoms with van der Waals surface area (Å²) in [6.45, 7) is 2.38. The molecule has 0 aliphatic rings. The number of rotatable bonds is 8. The first kappa shape index (κ1) is 17.2. The Morgan fingerprint density at radius 1 is 1.33 bits per heavy atom. The Balaban J connectivity index is 2.91. The molecule has 6 heteroatoms. The lowest BCUT2D eigenvalue weighted by molar-refractivity contribution is 0.0931. The largest absolute Gasteiger partial charge is 0.493 e. The number of unbranched alkanes of at least 4 members (excludes halogenated alkanes) is 1. The number of nitrogens with two attached hydrogens (primary N) is 1. The Bertz CT molecular complexity index is 480. The summed E-state index contributed by atoms with van der Waals surface area (Å²) >= 11 is 0. The van der Waals surface area contributed by atoms with Gasteiger partial charge >= 0.3 is 0 Å². The fourth-order valence-electron chi connectivity index (χ4n) is 1.99. The first-order chi connectivity index (χ1) is 10.1. The number of methoxy groups -OCH3 is 2. The minimum Gasteiger partial charge on any atom is -0.493 e. The maximum atomic E-state index is 14.0. The fourth-order valence-corrected chi connectivity index (χ4v) is 1.99. The van der Waals surface area contributed by atoms with Gasteiger partial charge < -0.3 is 20.5 Å². The minimum atomic E-state index is -0.656. The van der Waals surface area contributed by atoms with E-state index in [0.717, 1.165) is 25.3 Å². The quantitative estimate of drug-likeness (QED) is 0.770. The third kappa shape index (κ3) is 4.60. The Labute approximate surface area is 124 Å². The van der Waals surface area contributed by atoms with Crippen molar-refractivity contribution in [3.8, 4) is 11.5 Å². The molecule has 0 aromatic heterocycles. The van der Waals surface area contributed by atoms with Gasteiger partial charge in [-0.1, -0.05) is 19.8 Å². The summed E-state index contributed by atoms with van der Waals surface area (Å²) in [5.74, 6) is -0.605. The zero-order chi connectivity index (χ0) is 15.8. The number of nitrogens with one attached hydrogen (secondary N) is 1. The molecule has 1 aromatic carbocycles. The molecule has 0 heterocycles. The number of hydrogen-bond acceptors (Lipinski definition) is 4. The Morgan fingerprint density at radius 3 is 2.48 bits per heavy atom. The highest BCUT2D eigenvalue weighted by Gasteiger charge is 2.19. The first-order valence-electron chi connectivity index (χ1n) is 6.99. The van der Waals surface area contributed by atoms with Crippen LogP contribution in [-0.2, 0) is 0 Å². The van der Waals surface area contributed by atoms with Gasteiger partial charge in [-0.05, 0) is 12.5 Å². The Morgan fingerprint density at radius 2 is 1.95 bits per heavy atom. The van der Waals surface area contributed by atoms with Crippen LogP contribution in [0, 0.1) is 5.82 Å². The van der Waals surface area contributed by atoms with Crippen molar-refractivity contribution in [2.75, 3.05) is 20.8 Å². The lowest BCUT2D eigenvalue weighted by Crippen LogP contribution is -2.40. The summed E-state index contributed by atoms with van der Waals surface area (Å²) < 4.78 is 24.1. The molecule has 0 saturated carbocycles. The van der Waals surface area contributed by atoms with Crippen LogP contribution in [0.5, 0.6) is 11.5 Å². The van der Waals surface area contributed by atoms with Crippen molar-refractivity contribution in [3.63, 3.8) is 0 Å². The van der Waals surface area contributed by atoms with E-state index >= 15 is 0 Å². The average Bonchev–Trinajstić information content (AvgIpc) is 2.50. The molecular formula is C15H23FN2O3. The minimum absolute atomic E-state index is 0.0809. The number of amides is 1. The number of carbonyl (C=O) groups excluding carboxylic acids is 1. The number of halogens is 1. The van der Waals surface area contributed by atoms with Crippen LogP contribution in [0.3, 0.4) is 0 Å². The van der Waals surface area contributed by atoms with Gasteiger partial charge in [0.05, 0.1) is 19.8 Å². The number of carbonyl (C=O) groups is 1. The van der Waals surface area contributed by atoms with Crippen LogP contribution in [0.25, 0.3) is 0 Å². The van der Waals surface area contributed by atoms with Crippen LogP contribution in [0.4, 0.5) is 4.39 Å². The van der Waals surface area contributed by atoms with E-state index in [-0.39, 0.29) is 17.4 Å². The van der Waals surface area contributed by atoms with Gasteiger partial charge in [0.25, 0.3) is 5.91 Å². The van der Waals surface area contributed by atoms with Gasteiger partial charge in [-0.25, -0.2) is 4.39 Å². The first-order valence-corrected chi connectivity index (χ1v) is 6.99. The van der Waals surface area contributed by atoms with Gasteiger partial charge in [-0.3, -0.25) is 4.79 Å². The topological polar surface area (TPSA) is 73.6 Å². The predicted octanol–water partition coefficient (Wildman–Crippen LogP) is 2.09. The molecule has 21 heavy (non-hydrogen) atoms. The van der Waals surface area contributed by atoms with Gasteiger partial charge in [0.15, 0.2) is 11.5 Å². The lowest BCUT2D eigenvalue weighted by atomic mass is 10.1. The van der Waals surface area contributed by atoms with Crippen molar-refractivity contribution < 1.29 is 18.7 Å². The van der Waals surface area contributed by atoms with Crippen molar-refractivity contribution in [1.29, 1.82) is 0 Å². The SMILES string of the molecule is CCCCC(CN)NC(=O)c1cc(OC)c(OC)cc1F. The van der Waals surface area contributed by atoms with Gasteiger partial charge in [0.2, 0.25) is 0 Å². The van der Waals surface area contributed by atoms with Crippen LogP contribution in [-0.4, -0.2) is 32.7 Å². The van der Waals surface area contributed by atoms with Gasteiger partial charge in [-0.2, -0.15) is 0 Å². The smallest absolute Gasteiger partial charge is 0.254 e. The molecule has 1 aromatic rings. The van der Waals surface area contributed by atoms with E-state index in [1.807, 2.05) is 0 Å². The van der Waals surface area contributed by atoms with Gasteiger partial charge in [0, 0.05) is 18.7 Å². The lowest BCUT2D eigenvalue weighted by Gasteiger charge is -2.17. The van der Waals surface area contributed by atoms with Crippen LogP contribution < -0.4 is 20.5 Å². The molecule has 0 radical (unpaired) electrons. The number of benzene rings is 1. The van der Waals surface area contributed by atoms with Gasteiger partial charge in [0.1, 0.15) is 5.82 Å². The molecule has 1 unspecified atom stereocenters. The summed E-state index contributed by atoms with van der Waals surface area (Å²) in [6.07, 6.45) is 2.74. The predicted molar refractivity (Wildman–Crippen MR) is 79.3 cm³/mol. The molecule has 0 fully saturated rings. The standard InChI is InChI=1S/C15H23FN2O3/c1-4-5-6-10(9-17)18-15(19)11-7-13(20-2)14(21-3)8-12(11)16/h7-8,10H,4-6,9,17H2,1-3H3,(H,18,19). The molecule has 118 valence electrons. The third-order valence-electron chi connectivity index (χ3n) is 3.24. The summed E-state index contributed by atoms with van der Waals surface area (Å²) in [6, 6.07) is 2.30. The van der Waals surface area contributed by atoms with Crippen molar-refractivity contribution >= 4 is 5.91 Å². The summed E-state index contributed by atoms with van der Waals surface area (Å²) in [5.41, 5.74) is 5.55. The molecule has 1 atom stereocenters. The third-order valence-corrected chi connectivity index (χ3v) is 3.24. The van der Waals surface area contributed by atoms with E-state index in [1.165, 1.54) is 20.3 Å². The van der Waals surface area contributed by atoms with Crippen LogP contribution in [0.2, 0.25) is 0 Å².